The lowest BCUT2D eigenvalue weighted by atomic mass is 9.95. The first-order valence-electron chi connectivity index (χ1n) is 4.90. The van der Waals surface area contributed by atoms with Crippen molar-refractivity contribution in [3.05, 3.63) is 34.4 Å². The van der Waals surface area contributed by atoms with Crippen LogP contribution in [-0.2, 0) is 6.54 Å². The summed E-state index contributed by atoms with van der Waals surface area (Å²) >= 11 is 0. The Bertz CT molecular complexity index is 575. The van der Waals surface area contributed by atoms with E-state index in [4.69, 9.17) is 7.85 Å². The van der Waals surface area contributed by atoms with Crippen LogP contribution in [0.1, 0.15) is 12.7 Å². The summed E-state index contributed by atoms with van der Waals surface area (Å²) in [6.45, 7) is 4.39. The first-order valence-corrected chi connectivity index (χ1v) is 4.90. The van der Waals surface area contributed by atoms with Gasteiger partial charge in [0.15, 0.2) is 0 Å². The molecule has 0 bridgehead atoms. The van der Waals surface area contributed by atoms with Crippen molar-refractivity contribution in [2.24, 2.45) is 0 Å². The molecule has 15 heavy (non-hydrogen) atoms. The number of aryl methyl sites for hydroxylation is 1. The Hall–Kier alpha value is -1.58. The number of hydrogen-bond acceptors (Lipinski definition) is 2. The third-order valence-corrected chi connectivity index (χ3v) is 2.49. The topological polar surface area (TPSA) is 34.9 Å². The van der Waals surface area contributed by atoms with Crippen molar-refractivity contribution in [2.45, 2.75) is 20.4 Å². The van der Waals surface area contributed by atoms with E-state index in [1.165, 1.54) is 0 Å². The molecule has 3 nitrogen and oxygen atoms in total. The predicted molar refractivity (Wildman–Crippen MR) is 61.8 cm³/mol. The van der Waals surface area contributed by atoms with Crippen LogP contribution >= 0.6 is 0 Å². The van der Waals surface area contributed by atoms with E-state index in [2.05, 4.69) is 4.98 Å². The van der Waals surface area contributed by atoms with Gasteiger partial charge >= 0.3 is 0 Å². The molecule has 1 heterocycles. The molecule has 2 aromatic rings. The van der Waals surface area contributed by atoms with Crippen molar-refractivity contribution in [3.63, 3.8) is 0 Å². The van der Waals surface area contributed by atoms with Gasteiger partial charge in [0, 0.05) is 6.54 Å². The van der Waals surface area contributed by atoms with E-state index in [0.717, 1.165) is 5.82 Å². The molecule has 0 unspecified atom stereocenters. The lowest BCUT2D eigenvalue weighted by Crippen LogP contribution is -2.23. The fourth-order valence-corrected chi connectivity index (χ4v) is 1.72. The molecule has 1 aromatic heterocycles. The van der Waals surface area contributed by atoms with Gasteiger partial charge in [0.05, 0.1) is 10.9 Å². The molecular formula is C11H11BN2O. The van der Waals surface area contributed by atoms with Crippen LogP contribution in [0, 0.1) is 6.92 Å². The second-order valence-corrected chi connectivity index (χ2v) is 3.49. The highest BCUT2D eigenvalue weighted by atomic mass is 16.1. The number of rotatable bonds is 1. The van der Waals surface area contributed by atoms with E-state index >= 15 is 0 Å². The van der Waals surface area contributed by atoms with Gasteiger partial charge in [-0.25, -0.2) is 4.98 Å². The maximum absolute atomic E-state index is 12.0. The van der Waals surface area contributed by atoms with E-state index < -0.39 is 0 Å². The van der Waals surface area contributed by atoms with E-state index in [1.54, 1.807) is 22.8 Å². The minimum absolute atomic E-state index is 0.000000000000000666. The first kappa shape index (κ1) is 9.96. The molecule has 0 atom stereocenters. The third-order valence-electron chi connectivity index (χ3n) is 2.49. The minimum atomic E-state index is 0.000000000000000666. The molecule has 0 aliphatic carbocycles. The molecule has 0 aliphatic heterocycles. The highest BCUT2D eigenvalue weighted by molar-refractivity contribution is 6.33. The summed E-state index contributed by atoms with van der Waals surface area (Å²) in [6.07, 6.45) is 0. The summed E-state index contributed by atoms with van der Waals surface area (Å²) in [4.78, 5) is 16.3. The van der Waals surface area contributed by atoms with E-state index in [0.29, 0.717) is 22.9 Å². The zero-order chi connectivity index (χ0) is 11.0. The quantitative estimate of drug-likeness (QED) is 0.626. The Labute approximate surface area is 89.2 Å². The Morgan fingerprint density at radius 3 is 2.87 bits per heavy atom. The van der Waals surface area contributed by atoms with Gasteiger partial charge in [-0.2, -0.15) is 0 Å². The van der Waals surface area contributed by atoms with Crippen molar-refractivity contribution in [1.82, 2.24) is 9.55 Å². The van der Waals surface area contributed by atoms with Crippen molar-refractivity contribution in [2.75, 3.05) is 0 Å². The van der Waals surface area contributed by atoms with Crippen LogP contribution in [-0.4, -0.2) is 17.4 Å². The van der Waals surface area contributed by atoms with Crippen molar-refractivity contribution >= 4 is 24.2 Å². The largest absolute Gasteiger partial charge is 0.297 e. The molecule has 0 saturated heterocycles. The van der Waals surface area contributed by atoms with Crippen LogP contribution in [0.3, 0.4) is 0 Å². The van der Waals surface area contributed by atoms with Gasteiger partial charge in [0.2, 0.25) is 0 Å². The van der Waals surface area contributed by atoms with Crippen LogP contribution in [0.15, 0.2) is 23.0 Å². The Kier molecular flexibility index (Phi) is 2.35. The Balaban J connectivity index is 2.91. The second kappa shape index (κ2) is 3.53. The second-order valence-electron chi connectivity index (χ2n) is 3.49. The molecular weight excluding hydrogens is 187 g/mol. The monoisotopic (exact) mass is 198 g/mol. The lowest BCUT2D eigenvalue weighted by molar-refractivity contribution is 0.686. The molecule has 0 fully saturated rings. The smallest absolute Gasteiger partial charge is 0.261 e. The molecule has 2 radical (unpaired) electrons. The maximum Gasteiger partial charge on any atom is 0.261 e. The number of aromatic nitrogens is 2. The molecule has 0 N–H and O–H groups in total. The van der Waals surface area contributed by atoms with Gasteiger partial charge in [0.25, 0.3) is 5.56 Å². The SMILES string of the molecule is [B]c1ccc2c(=O)n(CC)c(C)nc2c1. The number of hydrogen-bond donors (Lipinski definition) is 0. The number of fused-ring (bicyclic) bond motifs is 1. The number of nitrogens with zero attached hydrogens (tertiary/aromatic N) is 2. The lowest BCUT2D eigenvalue weighted by Gasteiger charge is -2.08. The molecule has 0 saturated carbocycles. The molecule has 4 heteroatoms. The van der Waals surface area contributed by atoms with Gasteiger partial charge in [-0.15, -0.1) is 0 Å². The molecule has 2 rings (SSSR count). The Morgan fingerprint density at radius 1 is 1.47 bits per heavy atom. The van der Waals surface area contributed by atoms with Crippen LogP contribution < -0.4 is 11.0 Å². The summed E-state index contributed by atoms with van der Waals surface area (Å²) in [7, 11) is 5.65. The van der Waals surface area contributed by atoms with Crippen LogP contribution in [0.4, 0.5) is 0 Å². The van der Waals surface area contributed by atoms with Crippen molar-refractivity contribution in [1.29, 1.82) is 0 Å². The van der Waals surface area contributed by atoms with E-state index in [9.17, 15) is 4.79 Å². The summed E-state index contributed by atoms with van der Waals surface area (Å²) in [5.41, 5.74) is 1.30. The summed E-state index contributed by atoms with van der Waals surface area (Å²) in [5, 5.41) is 0.622. The zero-order valence-corrected chi connectivity index (χ0v) is 8.82. The van der Waals surface area contributed by atoms with Gasteiger partial charge in [-0.05, 0) is 26.0 Å². The highest BCUT2D eigenvalue weighted by Gasteiger charge is 2.05. The van der Waals surface area contributed by atoms with Crippen LogP contribution in [0.25, 0.3) is 10.9 Å². The molecule has 0 spiro atoms. The standard InChI is InChI=1S/C11H11BN2O/c1-3-14-7(2)13-10-6-8(12)4-5-9(10)11(14)15/h4-6H,3H2,1-2H3. The molecule has 0 amide bonds. The fourth-order valence-electron chi connectivity index (χ4n) is 1.72. The highest BCUT2D eigenvalue weighted by Crippen LogP contribution is 2.05. The van der Waals surface area contributed by atoms with Gasteiger partial charge in [-0.1, -0.05) is 11.5 Å². The average molecular weight is 198 g/mol. The normalized spacial score (nSPS) is 10.8. The number of benzene rings is 1. The van der Waals surface area contributed by atoms with Crippen molar-refractivity contribution in [3.8, 4) is 0 Å². The van der Waals surface area contributed by atoms with E-state index in [-0.39, 0.29) is 5.56 Å². The summed E-state index contributed by atoms with van der Waals surface area (Å²) in [5.74, 6) is 0.723. The van der Waals surface area contributed by atoms with Crippen molar-refractivity contribution < 1.29 is 0 Å². The zero-order valence-electron chi connectivity index (χ0n) is 8.82. The fraction of sp³-hybridized carbons (Fsp3) is 0.273. The van der Waals surface area contributed by atoms with Crippen LogP contribution in [0.2, 0.25) is 0 Å². The maximum atomic E-state index is 12.0. The molecule has 1 aromatic carbocycles. The molecule has 74 valence electrons. The minimum Gasteiger partial charge on any atom is -0.297 e. The average Bonchev–Trinajstić information content (AvgIpc) is 2.17. The van der Waals surface area contributed by atoms with E-state index in [1.807, 2.05) is 13.8 Å². The summed E-state index contributed by atoms with van der Waals surface area (Å²) in [6, 6.07) is 5.18. The molecule has 0 aliphatic rings. The van der Waals surface area contributed by atoms with Gasteiger partial charge in [-0.3, -0.25) is 9.36 Å². The first-order chi connectivity index (χ1) is 7.13. The summed E-state index contributed by atoms with van der Waals surface area (Å²) < 4.78 is 1.65. The van der Waals surface area contributed by atoms with Gasteiger partial charge in [0.1, 0.15) is 13.7 Å². The predicted octanol–water partition coefficient (Wildman–Crippen LogP) is 0.519. The Morgan fingerprint density at radius 2 is 2.20 bits per heavy atom. The third kappa shape index (κ3) is 1.56. The van der Waals surface area contributed by atoms with Gasteiger partial charge < -0.3 is 0 Å². The van der Waals surface area contributed by atoms with Crippen LogP contribution in [0.5, 0.6) is 0 Å².